The minimum Gasteiger partial charge on any atom is -0.478 e. The van der Waals surface area contributed by atoms with Gasteiger partial charge in [0.1, 0.15) is 23.6 Å². The molecule has 182 valence electrons. The number of aromatic nitrogens is 2. The van der Waals surface area contributed by atoms with Gasteiger partial charge in [0.05, 0.1) is 6.61 Å². The summed E-state index contributed by atoms with van der Waals surface area (Å²) < 4.78 is 64.5. The lowest BCUT2D eigenvalue weighted by molar-refractivity contribution is -0.0482. The highest BCUT2D eigenvalue weighted by molar-refractivity contribution is 7.66. The zero-order valence-electron chi connectivity index (χ0n) is 15.1. The molecule has 1 aliphatic heterocycles. The smallest absolute Gasteiger partial charge is 0.478 e. The molecule has 22 heteroatoms. The van der Waals surface area contributed by atoms with Crippen molar-refractivity contribution in [1.82, 2.24) is 9.55 Å². The summed E-state index contributed by atoms with van der Waals surface area (Å²) in [4.78, 5) is 61.5. The number of aromatic carboxylic acids is 1. The molecule has 6 atom stereocenters. The second kappa shape index (κ2) is 9.34. The standard InChI is InChI=1S/C10H15FN3O15P3/c11-5-6(15)4(2-26-31(22,23)29-32(24,25)28-30(19,20)21)27-8(5)14-1-3(9(16)17)7(12)13-10(14)18/h1,4-6,8,15H,2H2,(H,16,17)(H,22,23)(H,24,25)(H2,12,13,18)(H2,19,20,21)/t4-,5-,6-,8-/m1/s1. The van der Waals surface area contributed by atoms with Crippen LogP contribution in [0.2, 0.25) is 0 Å². The number of nitrogens with two attached hydrogens (primary N) is 1. The summed E-state index contributed by atoms with van der Waals surface area (Å²) in [7, 11) is -17.0. The highest BCUT2D eigenvalue weighted by Gasteiger charge is 2.48. The van der Waals surface area contributed by atoms with E-state index >= 15 is 0 Å². The van der Waals surface area contributed by atoms with E-state index in [1.54, 1.807) is 0 Å². The van der Waals surface area contributed by atoms with E-state index in [-0.39, 0.29) is 0 Å². The van der Waals surface area contributed by atoms with Crippen LogP contribution in [-0.2, 0) is 31.6 Å². The zero-order valence-corrected chi connectivity index (χ0v) is 17.8. The van der Waals surface area contributed by atoms with Gasteiger partial charge in [0.25, 0.3) is 0 Å². The van der Waals surface area contributed by atoms with Crippen LogP contribution in [0.4, 0.5) is 10.2 Å². The molecule has 18 nitrogen and oxygen atoms in total. The van der Waals surface area contributed by atoms with E-state index in [0.29, 0.717) is 10.8 Å². The van der Waals surface area contributed by atoms with Crippen LogP contribution in [0.3, 0.4) is 0 Å². The fraction of sp³-hybridized carbons (Fsp3) is 0.500. The lowest BCUT2D eigenvalue weighted by Gasteiger charge is -2.19. The Labute approximate surface area is 175 Å². The molecular formula is C10H15FN3O15P3. The maximum Gasteiger partial charge on any atom is 0.490 e. The molecular weight excluding hydrogens is 514 g/mol. The number of carboxylic acid groups (broad SMARTS) is 1. The second-order valence-electron chi connectivity index (χ2n) is 5.92. The Bertz CT molecular complexity index is 1090. The molecule has 1 fully saturated rings. The van der Waals surface area contributed by atoms with Gasteiger partial charge in [-0.3, -0.25) is 9.09 Å². The summed E-state index contributed by atoms with van der Waals surface area (Å²) in [5.41, 5.74) is 3.31. The largest absolute Gasteiger partial charge is 0.490 e. The van der Waals surface area contributed by atoms with E-state index in [1.807, 2.05) is 0 Å². The van der Waals surface area contributed by atoms with Gasteiger partial charge in [0.15, 0.2) is 12.4 Å². The first-order valence-electron chi connectivity index (χ1n) is 7.80. The number of hydrogen-bond donors (Lipinski definition) is 7. The van der Waals surface area contributed by atoms with Gasteiger partial charge in [-0.25, -0.2) is 27.7 Å². The van der Waals surface area contributed by atoms with E-state index in [1.165, 1.54) is 0 Å². The Balaban J connectivity index is 2.15. The van der Waals surface area contributed by atoms with Crippen molar-refractivity contribution in [3.63, 3.8) is 0 Å². The number of phosphoric ester groups is 1. The Hall–Kier alpha value is -1.59. The Kier molecular flexibility index (Phi) is 7.78. The number of ether oxygens (including phenoxy) is 1. The second-order valence-corrected chi connectivity index (χ2v) is 10.3. The van der Waals surface area contributed by atoms with Gasteiger partial charge in [-0.15, -0.1) is 0 Å². The molecule has 32 heavy (non-hydrogen) atoms. The molecule has 0 aliphatic carbocycles. The van der Waals surface area contributed by atoms with E-state index in [4.69, 9.17) is 30.3 Å². The first kappa shape index (κ1) is 26.7. The number of carboxylic acids is 1. The highest BCUT2D eigenvalue weighted by Crippen LogP contribution is 2.66. The van der Waals surface area contributed by atoms with Crippen molar-refractivity contribution in [2.45, 2.75) is 24.6 Å². The van der Waals surface area contributed by atoms with Crippen LogP contribution < -0.4 is 11.4 Å². The van der Waals surface area contributed by atoms with Crippen LogP contribution in [0.15, 0.2) is 11.0 Å². The number of aliphatic hydroxyl groups excluding tert-OH is 1. The van der Waals surface area contributed by atoms with Gasteiger partial charge < -0.3 is 40.3 Å². The number of hydrogen-bond acceptors (Lipinski definition) is 12. The van der Waals surface area contributed by atoms with Gasteiger partial charge in [0, 0.05) is 6.20 Å². The Morgan fingerprint density at radius 3 is 2.34 bits per heavy atom. The number of phosphoric acid groups is 3. The third kappa shape index (κ3) is 6.71. The van der Waals surface area contributed by atoms with Crippen LogP contribution in [-0.4, -0.2) is 70.3 Å². The summed E-state index contributed by atoms with van der Waals surface area (Å²) in [6.45, 7) is -1.22. The molecule has 2 unspecified atom stereocenters. The summed E-state index contributed by atoms with van der Waals surface area (Å²) in [6.07, 6.45) is -7.78. The predicted molar refractivity (Wildman–Crippen MR) is 94.5 cm³/mol. The number of carbonyl (C=O) groups is 1. The number of alkyl halides is 1. The minimum atomic E-state index is -5.81. The Morgan fingerprint density at radius 2 is 1.81 bits per heavy atom. The maximum absolute atomic E-state index is 14.5. The van der Waals surface area contributed by atoms with Crippen molar-refractivity contribution in [2.24, 2.45) is 0 Å². The minimum absolute atomic E-state index is 0.346. The molecule has 2 rings (SSSR count). The molecule has 0 bridgehead atoms. The lowest BCUT2D eigenvalue weighted by atomic mass is 10.1. The molecule has 1 saturated heterocycles. The molecule has 1 aromatic heterocycles. The van der Waals surface area contributed by atoms with Crippen LogP contribution in [0.25, 0.3) is 0 Å². The van der Waals surface area contributed by atoms with Crippen LogP contribution in [0.5, 0.6) is 0 Å². The first-order valence-corrected chi connectivity index (χ1v) is 12.3. The highest BCUT2D eigenvalue weighted by atomic mass is 31.3. The molecule has 0 saturated carbocycles. The molecule has 0 spiro atoms. The molecule has 1 aromatic rings. The molecule has 0 amide bonds. The molecule has 0 aromatic carbocycles. The van der Waals surface area contributed by atoms with E-state index in [2.05, 4.69) is 18.1 Å². The SMILES string of the molecule is Nc1nc(=O)n([C@@H]2O[C@H](COP(=O)(O)OP(=O)(O)OP(=O)(O)O)[C@@H](O)[C@H]2F)cc1C(=O)O. The topological polar surface area (TPSA) is 287 Å². The quantitative estimate of drug-likeness (QED) is 0.178. The number of halogens is 1. The molecule has 2 heterocycles. The number of rotatable bonds is 9. The maximum atomic E-state index is 14.5. The van der Waals surface area contributed by atoms with Crippen molar-refractivity contribution in [1.29, 1.82) is 0 Å². The van der Waals surface area contributed by atoms with Gasteiger partial charge in [0.2, 0.25) is 0 Å². The van der Waals surface area contributed by atoms with Crippen LogP contribution in [0, 0.1) is 0 Å². The average Bonchev–Trinajstić information content (AvgIpc) is 2.85. The summed E-state index contributed by atoms with van der Waals surface area (Å²) >= 11 is 0. The number of anilines is 1. The van der Waals surface area contributed by atoms with Gasteiger partial charge in [-0.05, 0) is 0 Å². The molecule has 1 aliphatic rings. The number of nitrogen functional groups attached to an aromatic ring is 1. The van der Waals surface area contributed by atoms with Crippen LogP contribution >= 0.6 is 23.5 Å². The van der Waals surface area contributed by atoms with E-state index in [0.717, 1.165) is 0 Å². The monoisotopic (exact) mass is 529 g/mol. The van der Waals surface area contributed by atoms with Gasteiger partial charge in [-0.1, -0.05) is 0 Å². The average molecular weight is 529 g/mol. The fourth-order valence-electron chi connectivity index (χ4n) is 2.36. The van der Waals surface area contributed by atoms with Crippen molar-refractivity contribution in [3.05, 3.63) is 22.2 Å². The van der Waals surface area contributed by atoms with E-state index < -0.39 is 77.7 Å². The predicted octanol–water partition coefficient (Wildman–Crippen LogP) is -1.54. The Morgan fingerprint density at radius 1 is 1.22 bits per heavy atom. The fourth-order valence-corrected chi connectivity index (χ4v) is 5.39. The summed E-state index contributed by atoms with van der Waals surface area (Å²) in [5.74, 6) is -2.31. The summed E-state index contributed by atoms with van der Waals surface area (Å²) in [5, 5.41) is 18.9. The van der Waals surface area contributed by atoms with Crippen LogP contribution in [0.1, 0.15) is 16.6 Å². The normalized spacial score (nSPS) is 27.6. The van der Waals surface area contributed by atoms with Crippen molar-refractivity contribution < 1.29 is 70.5 Å². The first-order chi connectivity index (χ1) is 14.4. The molecule has 8 N–H and O–H groups in total. The lowest BCUT2D eigenvalue weighted by Crippen LogP contribution is -2.34. The zero-order chi connectivity index (χ0) is 24.6. The van der Waals surface area contributed by atoms with Crippen molar-refractivity contribution >= 4 is 35.3 Å². The summed E-state index contributed by atoms with van der Waals surface area (Å²) in [6, 6.07) is 0. The number of aliphatic hydroxyl groups is 1. The third-order valence-electron chi connectivity index (χ3n) is 3.60. The third-order valence-corrected chi connectivity index (χ3v) is 7.40. The number of nitrogens with zero attached hydrogens (tertiary/aromatic N) is 2. The van der Waals surface area contributed by atoms with Gasteiger partial charge in [-0.2, -0.15) is 13.6 Å². The van der Waals surface area contributed by atoms with Crippen molar-refractivity contribution in [3.8, 4) is 0 Å². The molecule has 0 radical (unpaired) electrons. The van der Waals surface area contributed by atoms with Gasteiger partial charge >= 0.3 is 35.1 Å². The van der Waals surface area contributed by atoms with E-state index in [9.17, 15) is 37.7 Å². The van der Waals surface area contributed by atoms with Crippen molar-refractivity contribution in [2.75, 3.05) is 12.3 Å².